The minimum Gasteiger partial charge on any atom is -0.357 e. The number of hydrogen-bond acceptors (Lipinski definition) is 1. The quantitative estimate of drug-likeness (QED) is 0.721. The second-order valence-electron chi connectivity index (χ2n) is 3.60. The molecule has 1 aromatic rings. The molecule has 0 aliphatic rings. The molecule has 1 aromatic heterocycles. The zero-order valence-electron chi connectivity index (χ0n) is 12.5. The van der Waals surface area contributed by atoms with Gasteiger partial charge in [-0.05, 0) is 39.1 Å². The van der Waals surface area contributed by atoms with E-state index in [-0.39, 0.29) is 0 Å². The fraction of sp³-hybridized carbons (Fsp3) is 0.600. The molecule has 0 spiro atoms. The van der Waals surface area contributed by atoms with Crippen LogP contribution >= 0.6 is 0 Å². The fourth-order valence-corrected chi connectivity index (χ4v) is 1.04. The van der Waals surface area contributed by atoms with Crippen molar-refractivity contribution in [2.24, 2.45) is 7.05 Å². The Morgan fingerprint density at radius 3 is 2.00 bits per heavy atom. The van der Waals surface area contributed by atoms with Crippen molar-refractivity contribution in [1.82, 2.24) is 9.47 Å². The van der Waals surface area contributed by atoms with Crippen LogP contribution in [0.4, 0.5) is 0 Å². The van der Waals surface area contributed by atoms with Gasteiger partial charge in [-0.15, -0.1) is 0 Å². The molecule has 17 heavy (non-hydrogen) atoms. The summed E-state index contributed by atoms with van der Waals surface area (Å²) in [6.07, 6.45) is 9.48. The van der Waals surface area contributed by atoms with E-state index in [1.807, 2.05) is 50.0 Å². The van der Waals surface area contributed by atoms with Crippen molar-refractivity contribution in [2.45, 2.75) is 34.1 Å². The summed E-state index contributed by atoms with van der Waals surface area (Å²) in [6, 6.07) is 4.00. The summed E-state index contributed by atoms with van der Waals surface area (Å²) >= 11 is 0. The number of hydrogen-bond donors (Lipinski definition) is 0. The highest BCUT2D eigenvalue weighted by Crippen LogP contribution is 1.87. The highest BCUT2D eigenvalue weighted by molar-refractivity contribution is 4.88. The summed E-state index contributed by atoms with van der Waals surface area (Å²) in [5.74, 6) is 0. The first-order chi connectivity index (χ1) is 8.20. The van der Waals surface area contributed by atoms with E-state index >= 15 is 0 Å². The van der Waals surface area contributed by atoms with E-state index < -0.39 is 0 Å². The monoisotopic (exact) mass is 238 g/mol. The van der Waals surface area contributed by atoms with E-state index in [1.165, 1.54) is 13.0 Å². The maximum Gasteiger partial charge on any atom is 0.0106 e. The van der Waals surface area contributed by atoms with Gasteiger partial charge in [-0.3, -0.25) is 0 Å². The van der Waals surface area contributed by atoms with Crippen LogP contribution in [-0.4, -0.2) is 29.6 Å². The van der Waals surface area contributed by atoms with Gasteiger partial charge in [0.25, 0.3) is 0 Å². The lowest BCUT2D eigenvalue weighted by atomic mass is 10.3. The van der Waals surface area contributed by atoms with Crippen LogP contribution < -0.4 is 0 Å². The van der Waals surface area contributed by atoms with Crippen LogP contribution in [0.15, 0.2) is 36.7 Å². The predicted molar refractivity (Wildman–Crippen MR) is 79.4 cm³/mol. The molecule has 0 atom stereocenters. The van der Waals surface area contributed by atoms with E-state index in [9.17, 15) is 0 Å². The third-order valence-electron chi connectivity index (χ3n) is 2.21. The van der Waals surface area contributed by atoms with Gasteiger partial charge in [0.15, 0.2) is 0 Å². The second kappa shape index (κ2) is 15.0. The third-order valence-corrected chi connectivity index (χ3v) is 2.21. The van der Waals surface area contributed by atoms with Gasteiger partial charge in [0.05, 0.1) is 0 Å². The maximum atomic E-state index is 2.31. The molecule has 0 aromatic carbocycles. The highest BCUT2D eigenvalue weighted by atomic mass is 15.1. The molecule has 0 N–H and O–H groups in total. The Balaban J connectivity index is 0. The van der Waals surface area contributed by atoms with Crippen molar-refractivity contribution < 1.29 is 0 Å². The zero-order chi connectivity index (χ0) is 13.5. The van der Waals surface area contributed by atoms with Crippen LogP contribution in [0.3, 0.4) is 0 Å². The maximum absolute atomic E-state index is 2.31. The van der Waals surface area contributed by atoms with Gasteiger partial charge in [-0.2, -0.15) is 0 Å². The average molecular weight is 238 g/mol. The minimum atomic E-state index is 1.15. The zero-order valence-corrected chi connectivity index (χ0v) is 12.5. The Kier molecular flexibility index (Phi) is 16.2. The molecule has 100 valence electrons. The van der Waals surface area contributed by atoms with Crippen molar-refractivity contribution in [1.29, 1.82) is 0 Å². The average Bonchev–Trinajstić information content (AvgIpc) is 2.84. The van der Waals surface area contributed by atoms with Gasteiger partial charge in [0, 0.05) is 26.0 Å². The Labute approximate surface area is 108 Å². The molecule has 0 aliphatic carbocycles. The molecule has 0 amide bonds. The van der Waals surface area contributed by atoms with Gasteiger partial charge < -0.3 is 9.47 Å². The molecule has 2 nitrogen and oxygen atoms in total. The highest BCUT2D eigenvalue weighted by Gasteiger charge is 1.88. The summed E-state index contributed by atoms with van der Waals surface area (Å²) in [4.78, 5) is 2.31. The van der Waals surface area contributed by atoms with E-state index in [1.54, 1.807) is 0 Å². The molecule has 0 fully saturated rings. The summed E-state index contributed by atoms with van der Waals surface area (Å²) < 4.78 is 2.00. The first kappa shape index (κ1) is 18.3. The Bertz CT molecular complexity index is 237. The van der Waals surface area contributed by atoms with Crippen LogP contribution in [0.1, 0.15) is 34.1 Å². The molecule has 0 bridgehead atoms. The summed E-state index contributed by atoms with van der Waals surface area (Å²) in [7, 11) is 4.14. The lowest BCUT2D eigenvalue weighted by Gasteiger charge is -2.10. The molecule has 2 heteroatoms. The molecular formula is C15H30N2. The van der Waals surface area contributed by atoms with Crippen molar-refractivity contribution in [3.05, 3.63) is 36.7 Å². The summed E-state index contributed by atoms with van der Waals surface area (Å²) in [5, 5.41) is 0. The molecule has 0 saturated carbocycles. The SMILES string of the molecule is C/C=C\CCN(C)CC.CC.Cn1cccc1. The van der Waals surface area contributed by atoms with Crippen molar-refractivity contribution in [3.8, 4) is 0 Å². The first-order valence-electron chi connectivity index (χ1n) is 6.57. The number of aryl methyl sites for hydroxylation is 1. The smallest absolute Gasteiger partial charge is 0.0106 e. The minimum absolute atomic E-state index is 1.15. The summed E-state index contributed by atoms with van der Waals surface area (Å²) in [5.41, 5.74) is 0. The molecule has 1 heterocycles. The van der Waals surface area contributed by atoms with Crippen molar-refractivity contribution in [2.75, 3.05) is 20.1 Å². The van der Waals surface area contributed by atoms with Crippen LogP contribution in [0, 0.1) is 0 Å². The second-order valence-corrected chi connectivity index (χ2v) is 3.60. The lowest BCUT2D eigenvalue weighted by molar-refractivity contribution is 0.360. The van der Waals surface area contributed by atoms with Gasteiger partial charge >= 0.3 is 0 Å². The Hall–Kier alpha value is -1.02. The first-order valence-corrected chi connectivity index (χ1v) is 6.57. The lowest BCUT2D eigenvalue weighted by Crippen LogP contribution is -2.17. The van der Waals surface area contributed by atoms with E-state index in [2.05, 4.69) is 37.9 Å². The molecule has 0 radical (unpaired) electrons. The standard InChI is InChI=1S/C8H17N.C5H7N.C2H6/c1-4-6-7-8-9(3)5-2;1-6-4-2-3-5-6;1-2/h4,6H,5,7-8H2,1-3H3;2-5H,1H3;1-2H3/b6-4-;;. The third kappa shape index (κ3) is 15.0. The molecule has 0 unspecified atom stereocenters. The fourth-order valence-electron chi connectivity index (χ4n) is 1.04. The molecular weight excluding hydrogens is 208 g/mol. The van der Waals surface area contributed by atoms with Crippen LogP contribution in [0.2, 0.25) is 0 Å². The predicted octanol–water partition coefficient (Wildman–Crippen LogP) is 3.96. The Morgan fingerprint density at radius 1 is 1.18 bits per heavy atom. The van der Waals surface area contributed by atoms with Gasteiger partial charge in [-0.1, -0.05) is 32.9 Å². The largest absolute Gasteiger partial charge is 0.357 e. The van der Waals surface area contributed by atoms with Gasteiger partial charge in [0.2, 0.25) is 0 Å². The topological polar surface area (TPSA) is 8.17 Å². The van der Waals surface area contributed by atoms with E-state index in [0.717, 1.165) is 6.54 Å². The summed E-state index contributed by atoms with van der Waals surface area (Å²) in [6.45, 7) is 10.6. The number of allylic oxidation sites excluding steroid dienone is 1. The molecule has 1 rings (SSSR count). The van der Waals surface area contributed by atoms with Gasteiger partial charge in [-0.25, -0.2) is 0 Å². The van der Waals surface area contributed by atoms with Crippen LogP contribution in [-0.2, 0) is 7.05 Å². The number of nitrogens with zero attached hydrogens (tertiary/aromatic N) is 2. The van der Waals surface area contributed by atoms with Crippen LogP contribution in [0.5, 0.6) is 0 Å². The molecule has 0 aliphatic heterocycles. The van der Waals surface area contributed by atoms with Crippen molar-refractivity contribution in [3.63, 3.8) is 0 Å². The van der Waals surface area contributed by atoms with E-state index in [4.69, 9.17) is 0 Å². The van der Waals surface area contributed by atoms with Crippen molar-refractivity contribution >= 4 is 0 Å². The van der Waals surface area contributed by atoms with Gasteiger partial charge in [0.1, 0.15) is 0 Å². The Morgan fingerprint density at radius 2 is 1.71 bits per heavy atom. The van der Waals surface area contributed by atoms with E-state index in [0.29, 0.717) is 0 Å². The number of aromatic nitrogens is 1. The normalized spacial score (nSPS) is 9.59. The number of rotatable bonds is 4. The molecule has 0 saturated heterocycles. The van der Waals surface area contributed by atoms with Crippen LogP contribution in [0.25, 0.3) is 0 Å².